The van der Waals surface area contributed by atoms with Crippen molar-refractivity contribution in [3.8, 4) is 5.75 Å². The van der Waals surface area contributed by atoms with Gasteiger partial charge in [0.15, 0.2) is 0 Å². The molecule has 0 N–H and O–H groups in total. The lowest BCUT2D eigenvalue weighted by Crippen LogP contribution is -2.56. The Labute approximate surface area is 96.6 Å². The highest BCUT2D eigenvalue weighted by Gasteiger charge is 2.31. The summed E-state index contributed by atoms with van der Waals surface area (Å²) in [4.78, 5) is 4.88. The molecule has 1 atom stereocenters. The van der Waals surface area contributed by atoms with Gasteiger partial charge in [0, 0.05) is 19.6 Å². The number of likely N-dealkylation sites (N-methyl/N-ethyl adjacent to an activating group) is 1. The van der Waals surface area contributed by atoms with Crippen LogP contribution in [0.5, 0.6) is 5.75 Å². The van der Waals surface area contributed by atoms with Crippen molar-refractivity contribution in [3.05, 3.63) is 23.8 Å². The highest BCUT2D eigenvalue weighted by Crippen LogP contribution is 2.35. The summed E-state index contributed by atoms with van der Waals surface area (Å²) >= 11 is 0. The maximum Gasteiger partial charge on any atom is 0.142 e. The van der Waals surface area contributed by atoms with E-state index in [2.05, 4.69) is 42.0 Å². The highest BCUT2D eigenvalue weighted by molar-refractivity contribution is 5.62. The molecule has 0 saturated carbocycles. The van der Waals surface area contributed by atoms with Gasteiger partial charge in [0.2, 0.25) is 0 Å². The van der Waals surface area contributed by atoms with Crippen molar-refractivity contribution in [3.63, 3.8) is 0 Å². The second-order valence-electron chi connectivity index (χ2n) is 4.89. The molecule has 2 aliphatic heterocycles. The molecular formula is C13H18N2O. The Balaban J connectivity index is 1.94. The van der Waals surface area contributed by atoms with Gasteiger partial charge in [-0.2, -0.15) is 0 Å². The molecule has 3 heteroatoms. The molecule has 3 rings (SSSR count). The van der Waals surface area contributed by atoms with Gasteiger partial charge in [0.1, 0.15) is 12.4 Å². The molecule has 1 unspecified atom stereocenters. The molecule has 2 heterocycles. The zero-order chi connectivity index (χ0) is 11.1. The third kappa shape index (κ3) is 1.55. The molecule has 2 aliphatic rings. The van der Waals surface area contributed by atoms with Gasteiger partial charge in [-0.3, -0.25) is 0 Å². The van der Waals surface area contributed by atoms with Crippen LogP contribution in [0, 0.1) is 6.92 Å². The monoisotopic (exact) mass is 218 g/mol. The minimum Gasteiger partial charge on any atom is -0.489 e. The van der Waals surface area contributed by atoms with Crippen LogP contribution in [0.25, 0.3) is 0 Å². The van der Waals surface area contributed by atoms with Gasteiger partial charge < -0.3 is 14.5 Å². The Kier molecular flexibility index (Phi) is 2.28. The second-order valence-corrected chi connectivity index (χ2v) is 4.89. The maximum absolute atomic E-state index is 5.85. The van der Waals surface area contributed by atoms with Crippen molar-refractivity contribution in [1.29, 1.82) is 0 Å². The molecule has 1 saturated heterocycles. The van der Waals surface area contributed by atoms with Gasteiger partial charge in [-0.1, -0.05) is 6.07 Å². The number of ether oxygens (including phenoxy) is 1. The van der Waals surface area contributed by atoms with E-state index in [9.17, 15) is 0 Å². The average molecular weight is 218 g/mol. The van der Waals surface area contributed by atoms with E-state index in [-0.39, 0.29) is 0 Å². The van der Waals surface area contributed by atoms with Crippen molar-refractivity contribution < 1.29 is 4.74 Å². The SMILES string of the molecule is Cc1ccc2c(c1)OCC1CN(C)CCN21. The van der Waals surface area contributed by atoms with E-state index in [0.717, 1.165) is 32.0 Å². The lowest BCUT2D eigenvalue weighted by Gasteiger charge is -2.44. The number of rotatable bonds is 0. The number of anilines is 1. The molecule has 0 bridgehead atoms. The van der Waals surface area contributed by atoms with Gasteiger partial charge in [-0.15, -0.1) is 0 Å². The van der Waals surface area contributed by atoms with Crippen LogP contribution < -0.4 is 9.64 Å². The van der Waals surface area contributed by atoms with Crippen LogP contribution in [-0.4, -0.2) is 44.2 Å². The van der Waals surface area contributed by atoms with Crippen LogP contribution in [0.1, 0.15) is 5.56 Å². The number of piperazine rings is 1. The predicted molar refractivity (Wildman–Crippen MR) is 65.3 cm³/mol. The average Bonchev–Trinajstić information content (AvgIpc) is 2.28. The minimum absolute atomic E-state index is 0.522. The molecule has 16 heavy (non-hydrogen) atoms. The van der Waals surface area contributed by atoms with Gasteiger partial charge in [0.25, 0.3) is 0 Å². The lowest BCUT2D eigenvalue weighted by atomic mass is 10.1. The Morgan fingerprint density at radius 3 is 3.06 bits per heavy atom. The summed E-state index contributed by atoms with van der Waals surface area (Å²) in [7, 11) is 2.18. The third-order valence-electron chi connectivity index (χ3n) is 3.54. The molecule has 1 aromatic rings. The van der Waals surface area contributed by atoms with Crippen molar-refractivity contribution >= 4 is 5.69 Å². The number of benzene rings is 1. The Hall–Kier alpha value is -1.22. The summed E-state index contributed by atoms with van der Waals surface area (Å²) in [6.45, 7) is 6.29. The molecule has 0 spiro atoms. The first-order valence-corrected chi connectivity index (χ1v) is 5.93. The minimum atomic E-state index is 0.522. The summed E-state index contributed by atoms with van der Waals surface area (Å²) < 4.78 is 5.85. The van der Waals surface area contributed by atoms with Crippen molar-refractivity contribution in [2.45, 2.75) is 13.0 Å². The molecule has 1 fully saturated rings. The number of nitrogens with zero attached hydrogens (tertiary/aromatic N) is 2. The standard InChI is InChI=1S/C13H18N2O/c1-10-3-4-12-13(7-10)16-9-11-8-14(2)5-6-15(11)12/h3-4,7,11H,5-6,8-9H2,1-2H3. The molecular weight excluding hydrogens is 200 g/mol. The van der Waals surface area contributed by atoms with Crippen LogP contribution in [0.2, 0.25) is 0 Å². The molecule has 1 aromatic carbocycles. The predicted octanol–water partition coefficient (Wildman–Crippen LogP) is 1.51. The van der Waals surface area contributed by atoms with Crippen LogP contribution in [0.4, 0.5) is 5.69 Å². The highest BCUT2D eigenvalue weighted by atomic mass is 16.5. The Morgan fingerprint density at radius 1 is 1.31 bits per heavy atom. The topological polar surface area (TPSA) is 15.7 Å². The molecule has 0 aliphatic carbocycles. The van der Waals surface area contributed by atoms with Gasteiger partial charge in [-0.25, -0.2) is 0 Å². The number of hydrogen-bond acceptors (Lipinski definition) is 3. The van der Waals surface area contributed by atoms with Gasteiger partial charge in [-0.05, 0) is 31.7 Å². The normalized spacial score (nSPS) is 24.6. The third-order valence-corrected chi connectivity index (χ3v) is 3.54. The fourth-order valence-electron chi connectivity index (χ4n) is 2.63. The van der Waals surface area contributed by atoms with E-state index in [1.54, 1.807) is 0 Å². The quantitative estimate of drug-likeness (QED) is 0.656. The number of fused-ring (bicyclic) bond motifs is 3. The summed E-state index contributed by atoms with van der Waals surface area (Å²) in [6, 6.07) is 7.03. The number of aryl methyl sites for hydroxylation is 1. The summed E-state index contributed by atoms with van der Waals surface area (Å²) in [5.41, 5.74) is 2.54. The van der Waals surface area contributed by atoms with Gasteiger partial charge >= 0.3 is 0 Å². The molecule has 0 amide bonds. The zero-order valence-corrected chi connectivity index (χ0v) is 9.94. The summed E-state index contributed by atoms with van der Waals surface area (Å²) in [5, 5.41) is 0. The fourth-order valence-corrected chi connectivity index (χ4v) is 2.63. The molecule has 86 valence electrons. The van der Waals surface area contributed by atoms with E-state index in [1.165, 1.54) is 11.3 Å². The van der Waals surface area contributed by atoms with Crippen molar-refractivity contribution in [2.75, 3.05) is 38.2 Å². The van der Waals surface area contributed by atoms with Crippen molar-refractivity contribution in [1.82, 2.24) is 4.90 Å². The van der Waals surface area contributed by atoms with E-state index < -0.39 is 0 Å². The molecule has 0 aromatic heterocycles. The van der Waals surface area contributed by atoms with E-state index in [4.69, 9.17) is 4.74 Å². The smallest absolute Gasteiger partial charge is 0.142 e. The fraction of sp³-hybridized carbons (Fsp3) is 0.538. The first-order valence-electron chi connectivity index (χ1n) is 5.93. The second kappa shape index (κ2) is 3.67. The van der Waals surface area contributed by atoms with Crippen LogP contribution in [-0.2, 0) is 0 Å². The van der Waals surface area contributed by atoms with Crippen LogP contribution in [0.3, 0.4) is 0 Å². The largest absolute Gasteiger partial charge is 0.489 e. The lowest BCUT2D eigenvalue weighted by molar-refractivity contribution is 0.188. The van der Waals surface area contributed by atoms with Crippen LogP contribution in [0.15, 0.2) is 18.2 Å². The molecule has 0 radical (unpaired) electrons. The first-order chi connectivity index (χ1) is 7.74. The van der Waals surface area contributed by atoms with Crippen LogP contribution >= 0.6 is 0 Å². The number of hydrogen-bond donors (Lipinski definition) is 0. The van der Waals surface area contributed by atoms with Gasteiger partial charge in [0.05, 0.1) is 11.7 Å². The summed E-state index contributed by atoms with van der Waals surface area (Å²) in [5.74, 6) is 1.06. The summed E-state index contributed by atoms with van der Waals surface area (Å²) in [6.07, 6.45) is 0. The van der Waals surface area contributed by atoms with E-state index in [0.29, 0.717) is 6.04 Å². The van der Waals surface area contributed by atoms with E-state index >= 15 is 0 Å². The van der Waals surface area contributed by atoms with Crippen molar-refractivity contribution in [2.24, 2.45) is 0 Å². The maximum atomic E-state index is 5.85. The molecule has 3 nitrogen and oxygen atoms in total. The zero-order valence-electron chi connectivity index (χ0n) is 9.94. The van der Waals surface area contributed by atoms with E-state index in [1.807, 2.05) is 0 Å². The Morgan fingerprint density at radius 2 is 2.19 bits per heavy atom. The Bertz CT molecular complexity index is 405. The first kappa shape index (κ1) is 9.97.